The number of benzene rings is 1. The van der Waals surface area contributed by atoms with E-state index in [0.29, 0.717) is 30.2 Å². The Kier molecular flexibility index (Phi) is 6.85. The van der Waals surface area contributed by atoms with Crippen molar-refractivity contribution in [2.24, 2.45) is 0 Å². The molecule has 8 nitrogen and oxygen atoms in total. The molecule has 1 heterocycles. The van der Waals surface area contributed by atoms with Crippen molar-refractivity contribution in [3.8, 4) is 0 Å². The molecule has 0 spiro atoms. The van der Waals surface area contributed by atoms with Crippen LogP contribution < -0.4 is 10.6 Å². The number of nitrogens with zero attached hydrogens (tertiary/aromatic N) is 2. The average Bonchev–Trinajstić information content (AvgIpc) is 2.65. The van der Waals surface area contributed by atoms with Gasteiger partial charge in [-0.1, -0.05) is 6.07 Å². The van der Waals surface area contributed by atoms with Crippen LogP contribution in [-0.4, -0.2) is 49.2 Å². The Bertz CT molecular complexity index is 719. The predicted molar refractivity (Wildman–Crippen MR) is 92.7 cm³/mol. The van der Waals surface area contributed by atoms with Crippen molar-refractivity contribution in [1.82, 2.24) is 9.97 Å². The van der Waals surface area contributed by atoms with Crippen molar-refractivity contribution in [3.05, 3.63) is 47.9 Å². The van der Waals surface area contributed by atoms with Crippen molar-refractivity contribution in [3.63, 3.8) is 0 Å². The average molecular weight is 344 g/mol. The first kappa shape index (κ1) is 18.3. The van der Waals surface area contributed by atoms with E-state index in [-0.39, 0.29) is 5.69 Å². The van der Waals surface area contributed by atoms with Crippen LogP contribution in [0.2, 0.25) is 0 Å². The molecule has 0 saturated heterocycles. The van der Waals surface area contributed by atoms with Gasteiger partial charge in [-0.15, -0.1) is 0 Å². The van der Waals surface area contributed by atoms with Gasteiger partial charge in [-0.05, 0) is 24.6 Å². The summed E-state index contributed by atoms with van der Waals surface area (Å²) in [6, 6.07) is 6.46. The molecule has 1 amide bonds. The smallest absolute Gasteiger partial charge is 0.337 e. The minimum atomic E-state index is -0.472. The summed E-state index contributed by atoms with van der Waals surface area (Å²) in [5.74, 6) is -0.305. The zero-order valence-electron chi connectivity index (χ0n) is 14.1. The van der Waals surface area contributed by atoms with Gasteiger partial charge >= 0.3 is 5.97 Å². The lowest BCUT2D eigenvalue weighted by Gasteiger charge is -2.07. The van der Waals surface area contributed by atoms with E-state index in [1.54, 1.807) is 25.3 Å². The number of carbonyl (C=O) groups excluding carboxylic acids is 2. The summed E-state index contributed by atoms with van der Waals surface area (Å²) >= 11 is 0. The van der Waals surface area contributed by atoms with Crippen molar-refractivity contribution in [1.29, 1.82) is 0 Å². The first-order chi connectivity index (χ1) is 12.1. The van der Waals surface area contributed by atoms with E-state index >= 15 is 0 Å². The molecule has 8 heteroatoms. The maximum atomic E-state index is 12.2. The minimum Gasteiger partial charge on any atom is -0.465 e. The summed E-state index contributed by atoms with van der Waals surface area (Å²) in [5.41, 5.74) is 0.990. The highest BCUT2D eigenvalue weighted by atomic mass is 16.5. The molecule has 0 bridgehead atoms. The molecule has 25 heavy (non-hydrogen) atoms. The van der Waals surface area contributed by atoms with E-state index in [9.17, 15) is 9.59 Å². The van der Waals surface area contributed by atoms with Crippen LogP contribution in [0.3, 0.4) is 0 Å². The molecule has 0 radical (unpaired) electrons. The Hall–Kier alpha value is -3.00. The Balaban J connectivity index is 1.95. The number of ether oxygens (including phenoxy) is 2. The van der Waals surface area contributed by atoms with Gasteiger partial charge < -0.3 is 20.1 Å². The van der Waals surface area contributed by atoms with Crippen molar-refractivity contribution in [2.45, 2.75) is 6.42 Å². The molecule has 0 fully saturated rings. The summed E-state index contributed by atoms with van der Waals surface area (Å²) in [4.78, 5) is 32.0. The van der Waals surface area contributed by atoms with Crippen LogP contribution in [-0.2, 0) is 9.47 Å². The van der Waals surface area contributed by atoms with E-state index in [1.165, 1.54) is 25.6 Å². The van der Waals surface area contributed by atoms with E-state index in [2.05, 4.69) is 25.3 Å². The molecule has 2 aromatic rings. The number of rotatable bonds is 8. The zero-order valence-corrected chi connectivity index (χ0v) is 14.1. The largest absolute Gasteiger partial charge is 0.465 e. The summed E-state index contributed by atoms with van der Waals surface area (Å²) in [7, 11) is 2.95. The topological polar surface area (TPSA) is 102 Å². The van der Waals surface area contributed by atoms with E-state index in [0.717, 1.165) is 6.42 Å². The number of hydrogen-bond acceptors (Lipinski definition) is 7. The Labute approximate surface area is 145 Å². The van der Waals surface area contributed by atoms with Crippen molar-refractivity contribution in [2.75, 3.05) is 38.0 Å². The normalized spacial score (nSPS) is 10.2. The quantitative estimate of drug-likeness (QED) is 0.557. The fourth-order valence-electron chi connectivity index (χ4n) is 2.01. The van der Waals surface area contributed by atoms with Gasteiger partial charge in [0.25, 0.3) is 5.91 Å². The van der Waals surface area contributed by atoms with Gasteiger partial charge in [0, 0.05) is 25.9 Å². The highest BCUT2D eigenvalue weighted by Gasteiger charge is 2.11. The van der Waals surface area contributed by atoms with Gasteiger partial charge in [-0.3, -0.25) is 4.79 Å². The summed E-state index contributed by atoms with van der Waals surface area (Å²) in [6.07, 6.45) is 3.72. The van der Waals surface area contributed by atoms with Crippen LogP contribution in [0.1, 0.15) is 27.3 Å². The van der Waals surface area contributed by atoms with Crippen LogP contribution in [0, 0.1) is 0 Å². The van der Waals surface area contributed by atoms with E-state index < -0.39 is 11.9 Å². The number of anilines is 2. The third-order valence-electron chi connectivity index (χ3n) is 3.26. The number of aromatic nitrogens is 2. The molecule has 0 atom stereocenters. The van der Waals surface area contributed by atoms with Gasteiger partial charge in [-0.25, -0.2) is 14.8 Å². The third kappa shape index (κ3) is 5.54. The van der Waals surface area contributed by atoms with Crippen molar-refractivity contribution < 1.29 is 19.1 Å². The fraction of sp³-hybridized carbons (Fsp3) is 0.294. The number of amides is 1. The second kappa shape index (κ2) is 9.33. The van der Waals surface area contributed by atoms with Gasteiger partial charge in [0.05, 0.1) is 25.1 Å². The first-order valence-corrected chi connectivity index (χ1v) is 7.68. The maximum Gasteiger partial charge on any atom is 0.337 e. The molecule has 1 aromatic carbocycles. The predicted octanol–water partition coefficient (Wildman–Crippen LogP) is 1.96. The molecule has 0 aliphatic heterocycles. The number of nitrogens with one attached hydrogen (secondary N) is 2. The summed E-state index contributed by atoms with van der Waals surface area (Å²) in [5, 5.41) is 5.76. The molecular formula is C17H20N4O4. The number of carbonyl (C=O) groups is 2. The van der Waals surface area contributed by atoms with E-state index in [4.69, 9.17) is 4.74 Å². The summed E-state index contributed by atoms with van der Waals surface area (Å²) in [6.45, 7) is 1.36. The fourth-order valence-corrected chi connectivity index (χ4v) is 2.01. The zero-order chi connectivity index (χ0) is 18.1. The molecule has 2 rings (SSSR count). The molecule has 2 N–H and O–H groups in total. The number of hydrogen-bond donors (Lipinski definition) is 2. The maximum absolute atomic E-state index is 12.2. The second-order valence-corrected chi connectivity index (χ2v) is 5.09. The van der Waals surface area contributed by atoms with Crippen molar-refractivity contribution >= 4 is 23.4 Å². The van der Waals surface area contributed by atoms with Crippen LogP contribution in [0.25, 0.3) is 0 Å². The molecule has 0 unspecified atom stereocenters. The lowest BCUT2D eigenvalue weighted by Crippen LogP contribution is -2.15. The SMILES string of the molecule is COCCCNc1cnc(C(=O)Nc2cccc(C(=O)OC)c2)cn1. The molecule has 132 valence electrons. The molecular weight excluding hydrogens is 324 g/mol. The van der Waals surface area contributed by atoms with Crippen LogP contribution in [0.5, 0.6) is 0 Å². The Morgan fingerprint density at radius 1 is 1.16 bits per heavy atom. The van der Waals surface area contributed by atoms with Crippen LogP contribution in [0.15, 0.2) is 36.7 Å². The standard InChI is InChI=1S/C17H20N4O4/c1-24-8-4-7-18-15-11-19-14(10-20-15)16(22)21-13-6-3-5-12(9-13)17(23)25-2/h3,5-6,9-11H,4,7-8H2,1-2H3,(H,18,20)(H,21,22). The first-order valence-electron chi connectivity index (χ1n) is 7.68. The lowest BCUT2D eigenvalue weighted by atomic mass is 10.2. The van der Waals surface area contributed by atoms with Crippen LogP contribution >= 0.6 is 0 Å². The minimum absolute atomic E-state index is 0.172. The Morgan fingerprint density at radius 3 is 2.68 bits per heavy atom. The molecule has 0 aliphatic rings. The highest BCUT2D eigenvalue weighted by Crippen LogP contribution is 2.13. The molecule has 0 saturated carbocycles. The summed E-state index contributed by atoms with van der Waals surface area (Å²) < 4.78 is 9.61. The molecule has 1 aromatic heterocycles. The number of methoxy groups -OCH3 is 2. The second-order valence-electron chi connectivity index (χ2n) is 5.09. The Morgan fingerprint density at radius 2 is 2.00 bits per heavy atom. The molecule has 0 aliphatic carbocycles. The number of esters is 1. The lowest BCUT2D eigenvalue weighted by molar-refractivity contribution is 0.0600. The third-order valence-corrected chi connectivity index (χ3v) is 3.26. The van der Waals surface area contributed by atoms with Crippen LogP contribution in [0.4, 0.5) is 11.5 Å². The van der Waals surface area contributed by atoms with Gasteiger partial charge in [-0.2, -0.15) is 0 Å². The van der Waals surface area contributed by atoms with Gasteiger partial charge in [0.15, 0.2) is 0 Å². The van der Waals surface area contributed by atoms with E-state index in [1.807, 2.05) is 0 Å². The highest BCUT2D eigenvalue weighted by molar-refractivity contribution is 6.03. The van der Waals surface area contributed by atoms with Gasteiger partial charge in [0.2, 0.25) is 0 Å². The monoisotopic (exact) mass is 344 g/mol. The van der Waals surface area contributed by atoms with Gasteiger partial charge in [0.1, 0.15) is 11.5 Å².